The number of hydrogen-bond acceptors (Lipinski definition) is 4. The van der Waals surface area contributed by atoms with Crippen LogP contribution in [0.3, 0.4) is 0 Å². The molecular weight excluding hydrogens is 248 g/mol. The molecule has 18 heavy (non-hydrogen) atoms. The van der Waals surface area contributed by atoms with Gasteiger partial charge in [-0.25, -0.2) is 9.97 Å². The third-order valence-electron chi connectivity index (χ3n) is 3.77. The summed E-state index contributed by atoms with van der Waals surface area (Å²) in [6, 6.07) is 0.927. The van der Waals surface area contributed by atoms with Gasteiger partial charge in [0.1, 0.15) is 0 Å². The third kappa shape index (κ3) is 2.59. The van der Waals surface area contributed by atoms with Crippen LogP contribution in [0.2, 0.25) is 0 Å². The number of hydrogen-bond donors (Lipinski definition) is 1. The molecule has 2 heterocycles. The van der Waals surface area contributed by atoms with Crippen molar-refractivity contribution in [2.24, 2.45) is 0 Å². The van der Waals surface area contributed by atoms with Gasteiger partial charge in [-0.15, -0.1) is 12.4 Å². The standard InChI is InChI=1S/C13H20N4.ClH/c1-9-5-14-6-10(2)17(9)13-15-7-12(8-16-13)11-3-4-11;/h7-11,14H,3-6H2,1-2H3;1H. The number of nitrogens with zero attached hydrogens (tertiary/aromatic N) is 3. The molecule has 0 bridgehead atoms. The largest absolute Gasteiger partial charge is 0.333 e. The molecule has 5 heteroatoms. The highest BCUT2D eigenvalue weighted by molar-refractivity contribution is 5.85. The molecule has 1 saturated heterocycles. The summed E-state index contributed by atoms with van der Waals surface area (Å²) in [6.45, 7) is 6.47. The minimum atomic E-state index is 0. The lowest BCUT2D eigenvalue weighted by molar-refractivity contribution is 0.425. The average Bonchev–Trinajstić information content (AvgIpc) is 3.14. The van der Waals surface area contributed by atoms with E-state index in [-0.39, 0.29) is 12.4 Å². The summed E-state index contributed by atoms with van der Waals surface area (Å²) in [7, 11) is 0. The van der Waals surface area contributed by atoms with Crippen LogP contribution in [0.25, 0.3) is 0 Å². The van der Waals surface area contributed by atoms with Gasteiger partial charge in [0.05, 0.1) is 0 Å². The van der Waals surface area contributed by atoms with E-state index in [9.17, 15) is 0 Å². The van der Waals surface area contributed by atoms with Gasteiger partial charge in [0, 0.05) is 37.6 Å². The highest BCUT2D eigenvalue weighted by Crippen LogP contribution is 2.39. The number of rotatable bonds is 2. The first-order chi connectivity index (χ1) is 8.25. The molecule has 2 atom stereocenters. The SMILES string of the molecule is CC1CNCC(C)N1c1ncc(C2CC2)cn1.Cl. The number of anilines is 1. The van der Waals surface area contributed by atoms with Gasteiger partial charge in [-0.3, -0.25) is 0 Å². The molecule has 0 amide bonds. The first kappa shape index (κ1) is 13.6. The Hall–Kier alpha value is -0.870. The zero-order chi connectivity index (χ0) is 11.8. The summed E-state index contributed by atoms with van der Waals surface area (Å²) in [5, 5.41) is 3.43. The molecule has 1 aromatic rings. The third-order valence-corrected chi connectivity index (χ3v) is 3.77. The van der Waals surface area contributed by atoms with E-state index >= 15 is 0 Å². The molecule has 4 nitrogen and oxygen atoms in total. The minimum Gasteiger partial charge on any atom is -0.333 e. The van der Waals surface area contributed by atoms with E-state index in [1.165, 1.54) is 18.4 Å². The fraction of sp³-hybridized carbons (Fsp3) is 0.692. The molecule has 1 aliphatic carbocycles. The summed E-state index contributed by atoms with van der Waals surface area (Å²) in [5.41, 5.74) is 1.31. The van der Waals surface area contributed by atoms with E-state index in [0.29, 0.717) is 12.1 Å². The molecule has 1 aromatic heterocycles. The topological polar surface area (TPSA) is 41.0 Å². The average molecular weight is 269 g/mol. The van der Waals surface area contributed by atoms with E-state index in [1.54, 1.807) is 0 Å². The van der Waals surface area contributed by atoms with Gasteiger partial charge in [0.15, 0.2) is 0 Å². The van der Waals surface area contributed by atoms with Crippen LogP contribution in [0.4, 0.5) is 5.95 Å². The molecule has 3 rings (SSSR count). The van der Waals surface area contributed by atoms with Gasteiger partial charge < -0.3 is 10.2 Å². The van der Waals surface area contributed by atoms with Crippen LogP contribution in [-0.4, -0.2) is 35.1 Å². The Morgan fingerprint density at radius 2 is 1.67 bits per heavy atom. The second-order valence-corrected chi connectivity index (χ2v) is 5.35. The van der Waals surface area contributed by atoms with Crippen molar-refractivity contribution in [3.8, 4) is 0 Å². The zero-order valence-corrected chi connectivity index (χ0v) is 11.8. The number of nitrogens with one attached hydrogen (secondary N) is 1. The Balaban J connectivity index is 0.00000120. The molecule has 0 spiro atoms. The van der Waals surface area contributed by atoms with Gasteiger partial charge in [0.2, 0.25) is 5.95 Å². The Morgan fingerprint density at radius 1 is 1.11 bits per heavy atom. The maximum Gasteiger partial charge on any atom is 0.225 e. The zero-order valence-electron chi connectivity index (χ0n) is 11.0. The van der Waals surface area contributed by atoms with Gasteiger partial charge in [-0.05, 0) is 38.2 Å². The molecule has 2 aliphatic rings. The fourth-order valence-electron chi connectivity index (χ4n) is 2.62. The molecule has 0 aromatic carbocycles. The highest BCUT2D eigenvalue weighted by Gasteiger charge is 2.28. The Bertz CT molecular complexity index is 380. The lowest BCUT2D eigenvalue weighted by atomic mass is 10.1. The van der Waals surface area contributed by atoms with Crippen molar-refractivity contribution >= 4 is 18.4 Å². The Labute approximate surface area is 115 Å². The smallest absolute Gasteiger partial charge is 0.225 e. The predicted molar refractivity (Wildman–Crippen MR) is 75.5 cm³/mol. The van der Waals surface area contributed by atoms with Crippen LogP contribution in [0.15, 0.2) is 12.4 Å². The Kier molecular flexibility index (Phi) is 4.07. The number of aromatic nitrogens is 2. The van der Waals surface area contributed by atoms with Gasteiger partial charge in [-0.2, -0.15) is 0 Å². The highest BCUT2D eigenvalue weighted by atomic mass is 35.5. The summed E-state index contributed by atoms with van der Waals surface area (Å²) in [4.78, 5) is 11.4. The van der Waals surface area contributed by atoms with Crippen molar-refractivity contribution in [3.05, 3.63) is 18.0 Å². The van der Waals surface area contributed by atoms with Crippen molar-refractivity contribution in [2.75, 3.05) is 18.0 Å². The quantitative estimate of drug-likeness (QED) is 0.890. The van der Waals surface area contributed by atoms with Crippen LogP contribution < -0.4 is 10.2 Å². The van der Waals surface area contributed by atoms with E-state index in [0.717, 1.165) is 25.0 Å². The van der Waals surface area contributed by atoms with Crippen LogP contribution in [0.5, 0.6) is 0 Å². The molecule has 0 radical (unpaired) electrons. The van der Waals surface area contributed by atoms with E-state index < -0.39 is 0 Å². The molecular formula is C13H21ClN4. The van der Waals surface area contributed by atoms with Crippen molar-refractivity contribution in [1.29, 1.82) is 0 Å². The van der Waals surface area contributed by atoms with Crippen molar-refractivity contribution < 1.29 is 0 Å². The lowest BCUT2D eigenvalue weighted by Crippen LogP contribution is -2.55. The molecule has 2 unspecified atom stereocenters. The molecule has 100 valence electrons. The van der Waals surface area contributed by atoms with E-state index in [1.807, 2.05) is 12.4 Å². The van der Waals surface area contributed by atoms with Gasteiger partial charge in [-0.1, -0.05) is 0 Å². The van der Waals surface area contributed by atoms with E-state index in [4.69, 9.17) is 0 Å². The number of piperazine rings is 1. The maximum absolute atomic E-state index is 4.55. The molecule has 2 fully saturated rings. The first-order valence-electron chi connectivity index (χ1n) is 6.56. The van der Waals surface area contributed by atoms with Gasteiger partial charge in [0.25, 0.3) is 0 Å². The number of halogens is 1. The normalized spacial score (nSPS) is 27.8. The fourth-order valence-corrected chi connectivity index (χ4v) is 2.62. The molecule has 1 N–H and O–H groups in total. The maximum atomic E-state index is 4.55. The monoisotopic (exact) mass is 268 g/mol. The van der Waals surface area contributed by atoms with Crippen LogP contribution in [0.1, 0.15) is 38.2 Å². The second kappa shape index (κ2) is 5.41. The van der Waals surface area contributed by atoms with Crippen molar-refractivity contribution in [2.45, 2.75) is 44.7 Å². The predicted octanol–water partition coefficient (Wildman–Crippen LogP) is 1.96. The summed E-state index contributed by atoms with van der Waals surface area (Å²) in [5.74, 6) is 1.62. The summed E-state index contributed by atoms with van der Waals surface area (Å²) in [6.07, 6.45) is 6.65. The summed E-state index contributed by atoms with van der Waals surface area (Å²) < 4.78 is 0. The molecule has 1 aliphatic heterocycles. The first-order valence-corrected chi connectivity index (χ1v) is 6.56. The van der Waals surface area contributed by atoms with Crippen LogP contribution in [-0.2, 0) is 0 Å². The van der Waals surface area contributed by atoms with Crippen LogP contribution in [0, 0.1) is 0 Å². The van der Waals surface area contributed by atoms with Gasteiger partial charge >= 0.3 is 0 Å². The Morgan fingerprint density at radius 3 is 2.17 bits per heavy atom. The second-order valence-electron chi connectivity index (χ2n) is 5.35. The lowest BCUT2D eigenvalue weighted by Gasteiger charge is -2.39. The van der Waals surface area contributed by atoms with Crippen molar-refractivity contribution in [3.63, 3.8) is 0 Å². The molecule has 1 saturated carbocycles. The summed E-state index contributed by atoms with van der Waals surface area (Å²) >= 11 is 0. The minimum absolute atomic E-state index is 0. The van der Waals surface area contributed by atoms with E-state index in [2.05, 4.69) is 34.0 Å². The van der Waals surface area contributed by atoms with Crippen LogP contribution >= 0.6 is 12.4 Å². The van der Waals surface area contributed by atoms with Crippen molar-refractivity contribution in [1.82, 2.24) is 15.3 Å².